The molecule has 1 saturated carbocycles. The van der Waals surface area contributed by atoms with Gasteiger partial charge >= 0.3 is 6.03 Å². The lowest BCUT2D eigenvalue weighted by Gasteiger charge is -2.30. The van der Waals surface area contributed by atoms with Crippen LogP contribution in [0, 0.1) is 5.92 Å². The van der Waals surface area contributed by atoms with Crippen molar-refractivity contribution >= 4 is 17.6 Å². The van der Waals surface area contributed by atoms with Crippen LogP contribution < -0.4 is 15.4 Å². The zero-order valence-electron chi connectivity index (χ0n) is 13.1. The molecule has 2 atom stereocenters. The average Bonchev–Trinajstić information content (AvgIpc) is 3.38. The Kier molecular flexibility index (Phi) is 5.62. The summed E-state index contributed by atoms with van der Waals surface area (Å²) in [6.07, 6.45) is 4.67. The summed E-state index contributed by atoms with van der Waals surface area (Å²) in [6, 6.07) is 7.36. The number of ether oxygens (including phenoxy) is 2. The maximum Gasteiger partial charge on any atom is 0.315 e. The predicted molar refractivity (Wildman–Crippen MR) is 89.0 cm³/mol. The number of benzene rings is 1. The number of amides is 2. The van der Waals surface area contributed by atoms with Crippen LogP contribution in [0.3, 0.4) is 0 Å². The van der Waals surface area contributed by atoms with E-state index in [0.717, 1.165) is 19.4 Å². The number of hydrogen-bond acceptors (Lipinski definition) is 3. The predicted octanol–water partition coefficient (Wildman–Crippen LogP) is 2.98. The van der Waals surface area contributed by atoms with Crippen molar-refractivity contribution in [2.45, 2.75) is 37.8 Å². The van der Waals surface area contributed by atoms with Crippen LogP contribution in [0.25, 0.3) is 0 Å². The largest absolute Gasteiger partial charge is 0.490 e. The minimum absolute atomic E-state index is 0.144. The summed E-state index contributed by atoms with van der Waals surface area (Å²) in [4.78, 5) is 11.9. The molecule has 1 aromatic carbocycles. The Labute approximate surface area is 141 Å². The first-order valence-electron chi connectivity index (χ1n) is 8.25. The summed E-state index contributed by atoms with van der Waals surface area (Å²) in [5.41, 5.74) is 0. The Morgan fingerprint density at radius 2 is 2.13 bits per heavy atom. The highest BCUT2D eigenvalue weighted by molar-refractivity contribution is 6.32. The van der Waals surface area contributed by atoms with E-state index < -0.39 is 0 Å². The van der Waals surface area contributed by atoms with Crippen LogP contribution in [-0.4, -0.2) is 37.9 Å². The molecule has 1 aromatic rings. The monoisotopic (exact) mass is 338 g/mol. The number of rotatable bonds is 6. The molecule has 1 saturated heterocycles. The van der Waals surface area contributed by atoms with E-state index in [1.807, 2.05) is 18.2 Å². The van der Waals surface area contributed by atoms with Gasteiger partial charge in [0, 0.05) is 12.6 Å². The van der Waals surface area contributed by atoms with Gasteiger partial charge in [-0.25, -0.2) is 4.79 Å². The van der Waals surface area contributed by atoms with Crippen molar-refractivity contribution in [3.05, 3.63) is 29.3 Å². The Morgan fingerprint density at radius 1 is 1.30 bits per heavy atom. The normalized spacial score (nSPS) is 24.0. The molecule has 0 spiro atoms. The molecule has 1 aliphatic heterocycles. The summed E-state index contributed by atoms with van der Waals surface area (Å²) >= 11 is 6.00. The fourth-order valence-corrected chi connectivity index (χ4v) is 3.07. The summed E-state index contributed by atoms with van der Waals surface area (Å²) in [5, 5.41) is 6.42. The molecule has 1 heterocycles. The smallest absolute Gasteiger partial charge is 0.315 e. The van der Waals surface area contributed by atoms with Crippen LogP contribution in [0.1, 0.15) is 25.7 Å². The molecule has 5 nitrogen and oxygen atoms in total. The van der Waals surface area contributed by atoms with E-state index in [0.29, 0.717) is 35.9 Å². The number of carbonyl (C=O) groups is 1. The van der Waals surface area contributed by atoms with Crippen molar-refractivity contribution in [2.24, 2.45) is 5.92 Å². The van der Waals surface area contributed by atoms with E-state index in [9.17, 15) is 4.79 Å². The first kappa shape index (κ1) is 16.4. The third-order valence-corrected chi connectivity index (χ3v) is 4.59. The second-order valence-electron chi connectivity index (χ2n) is 6.15. The van der Waals surface area contributed by atoms with Gasteiger partial charge in [-0.1, -0.05) is 23.7 Å². The van der Waals surface area contributed by atoms with E-state index in [1.165, 1.54) is 12.8 Å². The minimum atomic E-state index is -0.144. The minimum Gasteiger partial charge on any atom is -0.490 e. The van der Waals surface area contributed by atoms with Crippen molar-refractivity contribution in [3.8, 4) is 5.75 Å². The average molecular weight is 339 g/mol. The van der Waals surface area contributed by atoms with Crippen molar-refractivity contribution < 1.29 is 14.3 Å². The summed E-state index contributed by atoms with van der Waals surface area (Å²) in [5.74, 6) is 1.35. The van der Waals surface area contributed by atoms with Gasteiger partial charge in [-0.05, 0) is 43.7 Å². The van der Waals surface area contributed by atoms with Gasteiger partial charge in [0.2, 0.25) is 0 Å². The summed E-state index contributed by atoms with van der Waals surface area (Å²) in [6.45, 7) is 1.56. The second-order valence-corrected chi connectivity index (χ2v) is 6.55. The number of hydrogen-bond donors (Lipinski definition) is 2. The second kappa shape index (κ2) is 7.88. The number of para-hydroxylation sites is 1. The van der Waals surface area contributed by atoms with Crippen molar-refractivity contribution in [2.75, 3.05) is 19.8 Å². The molecule has 2 N–H and O–H groups in total. The third kappa shape index (κ3) is 5.01. The van der Waals surface area contributed by atoms with Gasteiger partial charge in [-0.2, -0.15) is 0 Å². The summed E-state index contributed by atoms with van der Waals surface area (Å²) < 4.78 is 11.3. The topological polar surface area (TPSA) is 59.6 Å². The number of urea groups is 1. The summed E-state index contributed by atoms with van der Waals surface area (Å²) in [7, 11) is 0. The zero-order valence-corrected chi connectivity index (χ0v) is 13.8. The highest BCUT2D eigenvalue weighted by Gasteiger charge is 2.36. The Bertz CT molecular complexity index is 536. The maximum atomic E-state index is 11.9. The van der Waals surface area contributed by atoms with E-state index in [4.69, 9.17) is 21.1 Å². The first-order valence-corrected chi connectivity index (χ1v) is 8.63. The fraction of sp³-hybridized carbons (Fsp3) is 0.588. The van der Waals surface area contributed by atoms with Gasteiger partial charge in [-0.3, -0.25) is 0 Å². The van der Waals surface area contributed by atoms with Gasteiger partial charge < -0.3 is 20.1 Å². The standard InChI is InChI=1S/C17H23ClN2O3/c18-14-3-1-2-4-15(14)23-10-8-19-17(21)20-13-7-9-22-16(11-13)12-5-6-12/h1-4,12-13,16H,5-11H2,(H2,19,20,21). The molecule has 2 amide bonds. The molecular formula is C17H23ClN2O3. The fourth-order valence-electron chi connectivity index (χ4n) is 2.88. The van der Waals surface area contributed by atoms with E-state index in [2.05, 4.69) is 10.6 Å². The lowest BCUT2D eigenvalue weighted by molar-refractivity contribution is -0.00914. The Hall–Kier alpha value is -1.46. The SMILES string of the molecule is O=C(NCCOc1ccccc1Cl)NC1CCOC(C2CC2)C1. The molecule has 3 rings (SSSR count). The van der Waals surface area contributed by atoms with E-state index >= 15 is 0 Å². The molecule has 23 heavy (non-hydrogen) atoms. The van der Waals surface area contributed by atoms with Gasteiger partial charge in [0.25, 0.3) is 0 Å². The van der Waals surface area contributed by atoms with Crippen LogP contribution >= 0.6 is 11.6 Å². The lowest BCUT2D eigenvalue weighted by atomic mass is 10.0. The molecule has 2 unspecified atom stereocenters. The molecule has 6 heteroatoms. The molecule has 0 bridgehead atoms. The van der Waals surface area contributed by atoms with Gasteiger partial charge in [0.15, 0.2) is 0 Å². The van der Waals surface area contributed by atoms with Crippen LogP contribution in [-0.2, 0) is 4.74 Å². The highest BCUT2D eigenvalue weighted by Crippen LogP contribution is 2.38. The molecule has 126 valence electrons. The molecule has 2 aliphatic rings. The number of halogens is 1. The van der Waals surface area contributed by atoms with Crippen LogP contribution in [0.5, 0.6) is 5.75 Å². The van der Waals surface area contributed by atoms with Crippen LogP contribution in [0.15, 0.2) is 24.3 Å². The third-order valence-electron chi connectivity index (χ3n) is 4.28. The Balaban J connectivity index is 1.32. The number of carbonyl (C=O) groups excluding carboxylic acids is 1. The van der Waals surface area contributed by atoms with Crippen molar-refractivity contribution in [1.82, 2.24) is 10.6 Å². The Morgan fingerprint density at radius 3 is 2.91 bits per heavy atom. The molecule has 0 aromatic heterocycles. The molecular weight excluding hydrogens is 316 g/mol. The van der Waals surface area contributed by atoms with Gasteiger partial charge in [0.05, 0.1) is 17.7 Å². The quantitative estimate of drug-likeness (QED) is 0.784. The molecule has 2 fully saturated rings. The molecule has 0 radical (unpaired) electrons. The first-order chi connectivity index (χ1) is 11.2. The van der Waals surface area contributed by atoms with Crippen LogP contribution in [0.4, 0.5) is 4.79 Å². The van der Waals surface area contributed by atoms with E-state index in [1.54, 1.807) is 6.07 Å². The van der Waals surface area contributed by atoms with Gasteiger partial charge in [-0.15, -0.1) is 0 Å². The van der Waals surface area contributed by atoms with Crippen molar-refractivity contribution in [1.29, 1.82) is 0 Å². The zero-order chi connectivity index (χ0) is 16.1. The highest BCUT2D eigenvalue weighted by atomic mass is 35.5. The van der Waals surface area contributed by atoms with E-state index in [-0.39, 0.29) is 12.1 Å². The van der Waals surface area contributed by atoms with Crippen molar-refractivity contribution in [3.63, 3.8) is 0 Å². The molecule has 1 aliphatic carbocycles. The maximum absolute atomic E-state index is 11.9. The lowest BCUT2D eigenvalue weighted by Crippen LogP contribution is -2.47. The van der Waals surface area contributed by atoms with Crippen LogP contribution in [0.2, 0.25) is 5.02 Å². The number of nitrogens with one attached hydrogen (secondary N) is 2. The van der Waals surface area contributed by atoms with Gasteiger partial charge in [0.1, 0.15) is 12.4 Å².